The van der Waals surface area contributed by atoms with Crippen LogP contribution in [0.1, 0.15) is 38.7 Å². The standard InChI is InChI=1S/C25H31N3O5S/c1-4-22-24(29)26-21-16-20(9-10-23(21)33-22)34(31,32)27-13-11-18(12-14-27)25(30)28(5-2)19-8-6-7-17(3)15-19/h6-10,15-16,18,22H,4-5,11-14H2,1-3H3,(H,26,29)/t22-/m0/s1. The van der Waals surface area contributed by atoms with Crippen molar-refractivity contribution in [1.29, 1.82) is 0 Å². The number of hydrogen-bond acceptors (Lipinski definition) is 5. The maximum atomic E-state index is 13.3. The number of benzene rings is 2. The number of anilines is 2. The molecule has 0 bridgehead atoms. The number of amides is 2. The molecular formula is C25H31N3O5S. The van der Waals surface area contributed by atoms with Gasteiger partial charge in [0, 0.05) is 31.2 Å². The Balaban J connectivity index is 1.45. The van der Waals surface area contributed by atoms with Gasteiger partial charge >= 0.3 is 0 Å². The first-order valence-corrected chi connectivity index (χ1v) is 13.2. The fraction of sp³-hybridized carbons (Fsp3) is 0.440. The number of fused-ring (bicyclic) bond motifs is 1. The third-order valence-electron chi connectivity index (χ3n) is 6.48. The largest absolute Gasteiger partial charge is 0.478 e. The van der Waals surface area contributed by atoms with Gasteiger partial charge in [-0.1, -0.05) is 19.1 Å². The Labute approximate surface area is 200 Å². The van der Waals surface area contributed by atoms with Crippen LogP contribution in [0.4, 0.5) is 11.4 Å². The first-order valence-electron chi connectivity index (χ1n) is 11.7. The van der Waals surface area contributed by atoms with Crippen molar-refractivity contribution in [3.63, 3.8) is 0 Å². The van der Waals surface area contributed by atoms with Crippen molar-refractivity contribution < 1.29 is 22.7 Å². The van der Waals surface area contributed by atoms with Gasteiger partial charge in [0.25, 0.3) is 5.91 Å². The molecular weight excluding hydrogens is 454 g/mol. The average molecular weight is 486 g/mol. The van der Waals surface area contributed by atoms with Crippen LogP contribution in [-0.2, 0) is 19.6 Å². The third-order valence-corrected chi connectivity index (χ3v) is 8.37. The lowest BCUT2D eigenvalue weighted by Crippen LogP contribution is -2.44. The van der Waals surface area contributed by atoms with Crippen LogP contribution in [0.15, 0.2) is 47.4 Å². The topological polar surface area (TPSA) is 96.0 Å². The van der Waals surface area contributed by atoms with E-state index in [2.05, 4.69) is 5.32 Å². The van der Waals surface area contributed by atoms with E-state index in [1.165, 1.54) is 16.4 Å². The van der Waals surface area contributed by atoms with Crippen LogP contribution in [-0.4, -0.2) is 50.3 Å². The summed E-state index contributed by atoms with van der Waals surface area (Å²) in [5.41, 5.74) is 2.31. The lowest BCUT2D eigenvalue weighted by molar-refractivity contribution is -0.124. The number of carbonyl (C=O) groups is 2. The maximum Gasteiger partial charge on any atom is 0.265 e. The third kappa shape index (κ3) is 4.67. The van der Waals surface area contributed by atoms with Gasteiger partial charge in [-0.2, -0.15) is 4.31 Å². The van der Waals surface area contributed by atoms with E-state index in [9.17, 15) is 18.0 Å². The molecule has 0 spiro atoms. The summed E-state index contributed by atoms with van der Waals surface area (Å²) in [6, 6.07) is 12.4. The van der Waals surface area contributed by atoms with Crippen molar-refractivity contribution >= 4 is 33.2 Å². The Hall–Kier alpha value is -2.91. The van der Waals surface area contributed by atoms with Crippen LogP contribution in [0.25, 0.3) is 0 Å². The van der Waals surface area contributed by atoms with E-state index in [0.29, 0.717) is 37.2 Å². The minimum Gasteiger partial charge on any atom is -0.478 e. The van der Waals surface area contributed by atoms with Gasteiger partial charge in [-0.25, -0.2) is 8.42 Å². The van der Waals surface area contributed by atoms with E-state index in [1.807, 2.05) is 45.0 Å². The molecule has 2 aliphatic rings. The number of ether oxygens (including phenoxy) is 1. The lowest BCUT2D eigenvalue weighted by Gasteiger charge is -2.33. The maximum absolute atomic E-state index is 13.3. The fourth-order valence-corrected chi connectivity index (χ4v) is 6.03. The highest BCUT2D eigenvalue weighted by atomic mass is 32.2. The summed E-state index contributed by atoms with van der Waals surface area (Å²) in [5, 5.41) is 2.74. The molecule has 2 aromatic rings. The Bertz CT molecular complexity index is 1190. The summed E-state index contributed by atoms with van der Waals surface area (Å²) in [7, 11) is -3.76. The number of sulfonamides is 1. The quantitative estimate of drug-likeness (QED) is 0.675. The Kier molecular flexibility index (Phi) is 6.95. The zero-order valence-electron chi connectivity index (χ0n) is 19.8. The van der Waals surface area contributed by atoms with Crippen LogP contribution < -0.4 is 15.0 Å². The normalized spacial score (nSPS) is 19.1. The zero-order valence-corrected chi connectivity index (χ0v) is 20.6. The van der Waals surface area contributed by atoms with Crippen molar-refractivity contribution in [3.8, 4) is 5.75 Å². The van der Waals surface area contributed by atoms with Crippen LogP contribution in [0.2, 0.25) is 0 Å². The summed E-state index contributed by atoms with van der Waals surface area (Å²) in [4.78, 5) is 27.2. The summed E-state index contributed by atoms with van der Waals surface area (Å²) >= 11 is 0. The number of nitrogens with zero attached hydrogens (tertiary/aromatic N) is 2. The van der Waals surface area contributed by atoms with Gasteiger partial charge in [-0.15, -0.1) is 0 Å². The van der Waals surface area contributed by atoms with E-state index in [4.69, 9.17) is 4.74 Å². The molecule has 1 fully saturated rings. The first kappa shape index (κ1) is 24.2. The molecule has 8 nitrogen and oxygen atoms in total. The van der Waals surface area contributed by atoms with Crippen molar-refractivity contribution in [2.75, 3.05) is 29.9 Å². The summed E-state index contributed by atoms with van der Waals surface area (Å²) in [6.45, 7) is 6.88. The molecule has 34 heavy (non-hydrogen) atoms. The number of carbonyl (C=O) groups excluding carboxylic acids is 2. The highest BCUT2D eigenvalue weighted by molar-refractivity contribution is 7.89. The number of rotatable bonds is 6. The summed E-state index contributed by atoms with van der Waals surface area (Å²) in [5.74, 6) is -0.0122. The molecule has 1 atom stereocenters. The molecule has 2 aliphatic heterocycles. The number of piperidine rings is 1. The van der Waals surface area contributed by atoms with Crippen LogP contribution >= 0.6 is 0 Å². The minimum absolute atomic E-state index is 0.0317. The molecule has 2 aromatic carbocycles. The smallest absolute Gasteiger partial charge is 0.265 e. The van der Waals surface area contributed by atoms with E-state index in [-0.39, 0.29) is 35.7 Å². The lowest BCUT2D eigenvalue weighted by atomic mass is 9.96. The summed E-state index contributed by atoms with van der Waals surface area (Å²) < 4.78 is 33.6. The van der Waals surface area contributed by atoms with Crippen LogP contribution in [0.5, 0.6) is 5.75 Å². The van der Waals surface area contributed by atoms with Crippen LogP contribution in [0.3, 0.4) is 0 Å². The SMILES string of the molecule is CC[C@@H]1Oc2ccc(S(=O)(=O)N3CCC(C(=O)N(CC)c4cccc(C)c4)CC3)cc2NC1=O. The average Bonchev–Trinajstić information content (AvgIpc) is 2.83. The second-order valence-corrected chi connectivity index (χ2v) is 10.7. The predicted molar refractivity (Wildman–Crippen MR) is 130 cm³/mol. The fourth-order valence-electron chi connectivity index (χ4n) is 4.53. The molecule has 0 unspecified atom stereocenters. The summed E-state index contributed by atoms with van der Waals surface area (Å²) in [6.07, 6.45) is 0.874. The molecule has 4 rings (SSSR count). The molecule has 2 heterocycles. The number of aryl methyl sites for hydroxylation is 1. The number of nitrogens with one attached hydrogen (secondary N) is 1. The van der Waals surface area contributed by atoms with Gasteiger partial charge < -0.3 is 15.0 Å². The first-order chi connectivity index (χ1) is 16.2. The molecule has 0 radical (unpaired) electrons. The molecule has 0 aliphatic carbocycles. The molecule has 1 saturated heterocycles. The predicted octanol–water partition coefficient (Wildman–Crippen LogP) is 3.56. The van der Waals surface area contributed by atoms with Gasteiger partial charge in [0.1, 0.15) is 5.75 Å². The van der Waals surface area contributed by atoms with Gasteiger partial charge in [0.05, 0.1) is 10.6 Å². The van der Waals surface area contributed by atoms with Gasteiger partial charge in [0.2, 0.25) is 15.9 Å². The van der Waals surface area contributed by atoms with E-state index in [1.54, 1.807) is 11.0 Å². The van der Waals surface area contributed by atoms with Crippen molar-refractivity contribution in [2.24, 2.45) is 5.92 Å². The zero-order chi connectivity index (χ0) is 24.5. The van der Waals surface area contributed by atoms with E-state index < -0.39 is 16.1 Å². The monoisotopic (exact) mass is 485 g/mol. The van der Waals surface area contributed by atoms with Gasteiger partial charge in [0.15, 0.2) is 6.10 Å². The van der Waals surface area contributed by atoms with Crippen molar-refractivity contribution in [1.82, 2.24) is 4.31 Å². The van der Waals surface area contributed by atoms with E-state index >= 15 is 0 Å². The second-order valence-electron chi connectivity index (χ2n) is 8.76. The number of hydrogen-bond donors (Lipinski definition) is 1. The Morgan fingerprint density at radius 3 is 2.53 bits per heavy atom. The molecule has 0 saturated carbocycles. The highest BCUT2D eigenvalue weighted by Gasteiger charge is 2.35. The minimum atomic E-state index is -3.76. The van der Waals surface area contributed by atoms with Crippen LogP contribution in [0, 0.1) is 12.8 Å². The highest BCUT2D eigenvalue weighted by Crippen LogP contribution is 2.34. The Morgan fingerprint density at radius 2 is 1.88 bits per heavy atom. The molecule has 182 valence electrons. The van der Waals surface area contributed by atoms with Crippen molar-refractivity contribution in [2.45, 2.75) is 51.0 Å². The molecule has 1 N–H and O–H groups in total. The van der Waals surface area contributed by atoms with Crippen molar-refractivity contribution in [3.05, 3.63) is 48.0 Å². The molecule has 9 heteroatoms. The Morgan fingerprint density at radius 1 is 1.15 bits per heavy atom. The molecule has 0 aromatic heterocycles. The molecule has 2 amide bonds. The van der Waals surface area contributed by atoms with E-state index in [0.717, 1.165) is 11.3 Å². The second kappa shape index (κ2) is 9.76. The van der Waals surface area contributed by atoms with Gasteiger partial charge in [-0.3, -0.25) is 9.59 Å². The van der Waals surface area contributed by atoms with Gasteiger partial charge in [-0.05, 0) is 69.0 Å².